The molecule has 0 saturated heterocycles. The molecule has 1 aliphatic heterocycles. The van der Waals surface area contributed by atoms with E-state index in [1.165, 1.54) is 27.3 Å². The van der Waals surface area contributed by atoms with E-state index < -0.39 is 0 Å². The van der Waals surface area contributed by atoms with Crippen molar-refractivity contribution in [2.45, 2.75) is 39.3 Å². The predicted octanol–water partition coefficient (Wildman–Crippen LogP) is 2.47. The molecule has 0 radical (unpaired) electrons. The van der Waals surface area contributed by atoms with E-state index in [9.17, 15) is 9.59 Å². The first-order valence-electron chi connectivity index (χ1n) is 7.57. The molecular formula is C16H19N3O2S. The monoisotopic (exact) mass is 317 g/mol. The number of carbonyl (C=O) groups excluding carboxylic acids is 1. The molecule has 0 aromatic carbocycles. The quantitative estimate of drug-likeness (QED) is 0.874. The van der Waals surface area contributed by atoms with E-state index >= 15 is 0 Å². The average molecular weight is 317 g/mol. The SMILES string of the molecule is CCCn1nc(C(=O)N2CCc3sccc3[C@@H]2C)ccc1=O. The average Bonchev–Trinajstić information content (AvgIpc) is 2.99. The number of carbonyl (C=O) groups is 1. The van der Waals surface area contributed by atoms with Crippen molar-refractivity contribution in [3.05, 3.63) is 50.1 Å². The molecular weight excluding hydrogens is 298 g/mol. The number of hydrogen-bond acceptors (Lipinski definition) is 4. The van der Waals surface area contributed by atoms with E-state index in [2.05, 4.69) is 16.5 Å². The van der Waals surface area contributed by atoms with Gasteiger partial charge in [-0.25, -0.2) is 4.68 Å². The van der Waals surface area contributed by atoms with E-state index in [4.69, 9.17) is 0 Å². The normalized spacial score (nSPS) is 17.4. The van der Waals surface area contributed by atoms with Crippen molar-refractivity contribution in [1.29, 1.82) is 0 Å². The molecule has 0 fully saturated rings. The van der Waals surface area contributed by atoms with Crippen LogP contribution in [0.3, 0.4) is 0 Å². The standard InChI is InChI=1S/C16H19N3O2S/c1-3-8-19-15(20)5-4-13(17-19)16(21)18-9-6-14-12(11(18)2)7-10-22-14/h4-5,7,10-11H,3,6,8-9H2,1-2H3/t11-/m0/s1. The molecule has 2 aromatic heterocycles. The zero-order chi connectivity index (χ0) is 15.7. The van der Waals surface area contributed by atoms with Crippen LogP contribution < -0.4 is 5.56 Å². The maximum absolute atomic E-state index is 12.8. The Morgan fingerprint density at radius 3 is 3.00 bits per heavy atom. The van der Waals surface area contributed by atoms with Crippen LogP contribution in [0.15, 0.2) is 28.4 Å². The second-order valence-corrected chi connectivity index (χ2v) is 6.50. The van der Waals surface area contributed by atoms with Crippen molar-refractivity contribution in [3.63, 3.8) is 0 Å². The van der Waals surface area contributed by atoms with Crippen LogP contribution in [-0.2, 0) is 13.0 Å². The molecule has 3 heterocycles. The molecule has 0 bridgehead atoms. The molecule has 0 unspecified atom stereocenters. The minimum absolute atomic E-state index is 0.0517. The zero-order valence-electron chi connectivity index (χ0n) is 12.8. The highest BCUT2D eigenvalue weighted by molar-refractivity contribution is 7.10. The van der Waals surface area contributed by atoms with Gasteiger partial charge in [-0.2, -0.15) is 5.10 Å². The highest BCUT2D eigenvalue weighted by Gasteiger charge is 2.29. The third kappa shape index (κ3) is 2.59. The minimum Gasteiger partial charge on any atom is -0.330 e. The van der Waals surface area contributed by atoms with E-state index in [-0.39, 0.29) is 17.5 Å². The molecule has 22 heavy (non-hydrogen) atoms. The fraction of sp³-hybridized carbons (Fsp3) is 0.438. The topological polar surface area (TPSA) is 55.2 Å². The first kappa shape index (κ1) is 15.0. The maximum atomic E-state index is 12.8. The summed E-state index contributed by atoms with van der Waals surface area (Å²) in [6.45, 7) is 5.25. The number of aromatic nitrogens is 2. The van der Waals surface area contributed by atoms with Crippen LogP contribution in [0, 0.1) is 0 Å². The molecule has 1 atom stereocenters. The Morgan fingerprint density at radius 2 is 2.23 bits per heavy atom. The molecule has 0 saturated carbocycles. The van der Waals surface area contributed by atoms with E-state index in [0.717, 1.165) is 12.8 Å². The predicted molar refractivity (Wildman–Crippen MR) is 86.3 cm³/mol. The van der Waals surface area contributed by atoms with Gasteiger partial charge in [-0.15, -0.1) is 11.3 Å². The fourth-order valence-electron chi connectivity index (χ4n) is 2.87. The second-order valence-electron chi connectivity index (χ2n) is 5.50. The molecule has 2 aromatic rings. The fourth-order valence-corrected chi connectivity index (χ4v) is 3.83. The van der Waals surface area contributed by atoms with E-state index in [0.29, 0.717) is 18.8 Å². The Bertz CT molecular complexity index is 750. The zero-order valence-corrected chi connectivity index (χ0v) is 13.6. The number of rotatable bonds is 3. The summed E-state index contributed by atoms with van der Waals surface area (Å²) in [7, 11) is 0. The summed E-state index contributed by atoms with van der Waals surface area (Å²) in [6, 6.07) is 5.11. The van der Waals surface area contributed by atoms with Crippen molar-refractivity contribution in [3.8, 4) is 0 Å². The van der Waals surface area contributed by atoms with Gasteiger partial charge in [-0.05, 0) is 42.8 Å². The Hall–Kier alpha value is -1.95. The molecule has 5 nitrogen and oxygen atoms in total. The van der Waals surface area contributed by atoms with Crippen molar-refractivity contribution < 1.29 is 4.79 Å². The highest BCUT2D eigenvalue weighted by Crippen LogP contribution is 2.33. The maximum Gasteiger partial charge on any atom is 0.274 e. The lowest BCUT2D eigenvalue weighted by molar-refractivity contribution is 0.0670. The lowest BCUT2D eigenvalue weighted by Gasteiger charge is -2.33. The summed E-state index contributed by atoms with van der Waals surface area (Å²) in [4.78, 5) is 27.7. The van der Waals surface area contributed by atoms with E-state index in [1.807, 2.05) is 18.7 Å². The third-order valence-electron chi connectivity index (χ3n) is 4.06. The van der Waals surface area contributed by atoms with Crippen molar-refractivity contribution in [1.82, 2.24) is 14.7 Å². The summed E-state index contributed by atoms with van der Waals surface area (Å²) in [5, 5.41) is 6.31. The number of fused-ring (bicyclic) bond motifs is 1. The Balaban J connectivity index is 1.89. The van der Waals surface area contributed by atoms with Gasteiger partial charge in [0.1, 0.15) is 5.69 Å². The van der Waals surface area contributed by atoms with Crippen LogP contribution >= 0.6 is 11.3 Å². The second kappa shape index (κ2) is 6.04. The largest absolute Gasteiger partial charge is 0.330 e. The molecule has 3 rings (SSSR count). The summed E-state index contributed by atoms with van der Waals surface area (Å²) in [5.74, 6) is -0.103. The van der Waals surface area contributed by atoms with Crippen LogP contribution in [0.2, 0.25) is 0 Å². The third-order valence-corrected chi connectivity index (χ3v) is 5.06. The minimum atomic E-state index is -0.162. The van der Waals surface area contributed by atoms with Gasteiger partial charge in [0.05, 0.1) is 6.04 Å². The van der Waals surface area contributed by atoms with Crippen molar-refractivity contribution >= 4 is 17.2 Å². The van der Waals surface area contributed by atoms with Gasteiger partial charge >= 0.3 is 0 Å². The molecule has 0 aliphatic carbocycles. The number of nitrogens with zero attached hydrogens (tertiary/aromatic N) is 3. The molecule has 0 spiro atoms. The summed E-state index contributed by atoms with van der Waals surface area (Å²) < 4.78 is 1.37. The van der Waals surface area contributed by atoms with Crippen LogP contribution in [-0.4, -0.2) is 27.1 Å². The lowest BCUT2D eigenvalue weighted by atomic mass is 10.0. The number of hydrogen-bond donors (Lipinski definition) is 0. The first-order valence-corrected chi connectivity index (χ1v) is 8.45. The lowest BCUT2D eigenvalue weighted by Crippen LogP contribution is -2.39. The van der Waals surface area contributed by atoms with Gasteiger partial charge in [0.15, 0.2) is 0 Å². The first-order chi connectivity index (χ1) is 10.6. The van der Waals surface area contributed by atoms with Gasteiger partial charge in [-0.1, -0.05) is 6.92 Å². The van der Waals surface area contributed by atoms with Gasteiger partial charge in [0, 0.05) is 24.0 Å². The van der Waals surface area contributed by atoms with Gasteiger partial charge in [0.25, 0.3) is 11.5 Å². The molecule has 6 heteroatoms. The number of aryl methyl sites for hydroxylation is 1. The molecule has 116 valence electrons. The van der Waals surface area contributed by atoms with Gasteiger partial charge in [0.2, 0.25) is 0 Å². The summed E-state index contributed by atoms with van der Waals surface area (Å²) >= 11 is 1.75. The van der Waals surface area contributed by atoms with Crippen LogP contribution in [0.5, 0.6) is 0 Å². The highest BCUT2D eigenvalue weighted by atomic mass is 32.1. The van der Waals surface area contributed by atoms with Gasteiger partial charge in [-0.3, -0.25) is 9.59 Å². The number of amides is 1. The van der Waals surface area contributed by atoms with Crippen molar-refractivity contribution in [2.75, 3.05) is 6.54 Å². The smallest absolute Gasteiger partial charge is 0.274 e. The summed E-state index contributed by atoms with van der Waals surface area (Å²) in [5.41, 5.74) is 1.41. The van der Waals surface area contributed by atoms with Crippen LogP contribution in [0.1, 0.15) is 47.2 Å². The van der Waals surface area contributed by atoms with Gasteiger partial charge < -0.3 is 4.90 Å². The number of thiophene rings is 1. The van der Waals surface area contributed by atoms with Crippen LogP contribution in [0.25, 0.3) is 0 Å². The molecule has 0 N–H and O–H groups in total. The Labute approximate surface area is 133 Å². The summed E-state index contributed by atoms with van der Waals surface area (Å²) in [6.07, 6.45) is 1.70. The van der Waals surface area contributed by atoms with Crippen LogP contribution in [0.4, 0.5) is 0 Å². The molecule has 1 aliphatic rings. The van der Waals surface area contributed by atoms with Crippen molar-refractivity contribution in [2.24, 2.45) is 0 Å². The van der Waals surface area contributed by atoms with E-state index in [1.54, 1.807) is 11.3 Å². The Morgan fingerprint density at radius 1 is 1.41 bits per heavy atom. The Kier molecular flexibility index (Phi) is 4.11. The molecule has 1 amide bonds.